The zero-order chi connectivity index (χ0) is 26.8. The first-order chi connectivity index (χ1) is 16.1. The number of nitrogens with one attached hydrogen (secondary N) is 1. The van der Waals surface area contributed by atoms with Gasteiger partial charge in [0.05, 0.1) is 33.1 Å². The van der Waals surface area contributed by atoms with Crippen LogP contribution in [-0.2, 0) is 42.8 Å². The average Bonchev–Trinajstić information content (AvgIpc) is 3.25. The highest BCUT2D eigenvalue weighted by molar-refractivity contribution is 7.86. The predicted octanol–water partition coefficient (Wildman–Crippen LogP) is -0.325. The number of hydrogen-bond donors (Lipinski definition) is 2. The van der Waals surface area contributed by atoms with Crippen molar-refractivity contribution in [3.8, 4) is 0 Å². The molecule has 2 fully saturated rings. The Balaban J connectivity index is 2.39. The number of nitrogens with zero attached hydrogens (tertiary/aromatic N) is 1. The number of ether oxygens (including phenoxy) is 4. The van der Waals surface area contributed by atoms with Crippen molar-refractivity contribution in [3.63, 3.8) is 0 Å². The van der Waals surface area contributed by atoms with Crippen LogP contribution in [0.4, 0.5) is 9.59 Å². The van der Waals surface area contributed by atoms with Gasteiger partial charge in [-0.3, -0.25) is 9.08 Å². The third-order valence-corrected chi connectivity index (χ3v) is 6.18. The maximum absolute atomic E-state index is 13.0. The molecule has 0 aromatic carbocycles. The topological polar surface area (TPSA) is 184 Å². The number of rotatable bonds is 9. The van der Waals surface area contributed by atoms with Crippen molar-refractivity contribution in [1.29, 1.82) is 0 Å². The highest BCUT2D eigenvalue weighted by Gasteiger charge is 2.68. The first-order valence-electron chi connectivity index (χ1n) is 10.7. The Morgan fingerprint density at radius 2 is 1.89 bits per heavy atom. The van der Waals surface area contributed by atoms with Gasteiger partial charge in [0.15, 0.2) is 17.7 Å². The molecule has 0 aliphatic carbocycles. The Morgan fingerprint density at radius 1 is 1.26 bits per heavy atom. The van der Waals surface area contributed by atoms with Crippen molar-refractivity contribution in [3.05, 3.63) is 0 Å². The summed E-state index contributed by atoms with van der Waals surface area (Å²) in [5, 5.41) is 12.4. The number of hydrogen-bond acceptors (Lipinski definition) is 12. The number of aliphatic hydroxyl groups excluding tert-OH is 1. The monoisotopic (exact) mass is 524 g/mol. The number of methoxy groups -OCH3 is 2. The Kier molecular flexibility index (Phi) is 8.61. The van der Waals surface area contributed by atoms with E-state index in [-0.39, 0.29) is 19.3 Å². The average molecular weight is 525 g/mol. The minimum atomic E-state index is -4.07. The quantitative estimate of drug-likeness (QED) is 0.228. The Morgan fingerprint density at radius 3 is 2.37 bits per heavy atom. The van der Waals surface area contributed by atoms with Crippen LogP contribution in [0.25, 0.3) is 0 Å². The largest absolute Gasteiger partial charge is 0.467 e. The van der Waals surface area contributed by atoms with Crippen molar-refractivity contribution in [2.75, 3.05) is 27.1 Å². The Labute approximate surface area is 203 Å². The van der Waals surface area contributed by atoms with Gasteiger partial charge in [0.25, 0.3) is 10.1 Å². The van der Waals surface area contributed by atoms with Crippen molar-refractivity contribution in [1.82, 2.24) is 10.2 Å². The molecule has 2 aliphatic heterocycles. The van der Waals surface area contributed by atoms with Gasteiger partial charge in [-0.25, -0.2) is 19.2 Å². The molecule has 2 saturated heterocycles. The van der Waals surface area contributed by atoms with E-state index in [0.29, 0.717) is 0 Å². The fourth-order valence-electron chi connectivity index (χ4n) is 4.39. The maximum Gasteiger partial charge on any atom is 0.411 e. The fourth-order valence-corrected chi connectivity index (χ4v) is 4.97. The van der Waals surface area contributed by atoms with Crippen LogP contribution in [0.15, 0.2) is 0 Å². The molecule has 0 aromatic heterocycles. The molecule has 5 atom stereocenters. The third kappa shape index (κ3) is 6.32. The molecule has 0 aromatic rings. The molecule has 0 unspecified atom stereocenters. The highest BCUT2D eigenvalue weighted by Crippen LogP contribution is 2.46. The predicted molar refractivity (Wildman–Crippen MR) is 116 cm³/mol. The molecule has 2 aliphatic rings. The van der Waals surface area contributed by atoms with Crippen LogP contribution < -0.4 is 5.32 Å². The van der Waals surface area contributed by atoms with E-state index in [1.54, 1.807) is 20.8 Å². The third-order valence-electron chi connectivity index (χ3n) is 5.59. The Hall–Kier alpha value is -2.65. The second-order valence-electron chi connectivity index (χ2n) is 9.27. The molecular weight excluding hydrogens is 492 g/mol. The van der Waals surface area contributed by atoms with Crippen LogP contribution in [-0.4, -0.2) is 105 Å². The lowest BCUT2D eigenvalue weighted by atomic mass is 9.86. The van der Waals surface area contributed by atoms with E-state index < -0.39 is 76.3 Å². The number of esters is 2. The van der Waals surface area contributed by atoms with Gasteiger partial charge in [-0.15, -0.1) is 0 Å². The van der Waals surface area contributed by atoms with Gasteiger partial charge in [-0.1, -0.05) is 0 Å². The summed E-state index contributed by atoms with van der Waals surface area (Å²) in [4.78, 5) is 51.5. The maximum atomic E-state index is 13.0. The molecule has 35 heavy (non-hydrogen) atoms. The number of aliphatic hydroxyl groups is 1. The molecule has 2 amide bonds. The first kappa shape index (κ1) is 28.6. The fraction of sp³-hybridized carbons (Fsp3) is 0.800. The SMILES string of the molecule is COC(=O)[C@@H](C[C@H]1CC[C@]2(C(=O)OC)[C@H]([C@@H](CO)NC(=O)OC(C)(C)C)OC(=O)N12)OS(C)(=O)=O. The Bertz CT molecular complexity index is 946. The second-order valence-corrected chi connectivity index (χ2v) is 10.9. The lowest BCUT2D eigenvalue weighted by Gasteiger charge is -2.36. The van der Waals surface area contributed by atoms with Gasteiger partial charge in [0, 0.05) is 12.5 Å². The zero-order valence-corrected chi connectivity index (χ0v) is 21.2. The molecule has 15 heteroatoms. The summed E-state index contributed by atoms with van der Waals surface area (Å²) in [6, 6.07) is -2.14. The number of carbonyl (C=O) groups is 4. The van der Waals surface area contributed by atoms with Crippen LogP contribution in [0.3, 0.4) is 0 Å². The van der Waals surface area contributed by atoms with Gasteiger partial charge < -0.3 is 29.4 Å². The molecular formula is C20H32N2O12S. The summed E-state index contributed by atoms with van der Waals surface area (Å²) < 4.78 is 48.3. The van der Waals surface area contributed by atoms with Gasteiger partial charge in [-0.2, -0.15) is 8.42 Å². The first-order valence-corrected chi connectivity index (χ1v) is 12.6. The molecule has 0 bridgehead atoms. The standard InChI is InChI=1S/C20H32N2O12S/c1-19(2,3)33-17(26)21-12(10-23)14-20(16(25)31-5)8-7-11(22(20)18(27)32-14)9-13(15(24)30-4)34-35(6,28)29/h11-14,23H,7-10H2,1-6H3,(H,21,26)/t11-,12-,13-,14+,20-/m1/s1. The van der Waals surface area contributed by atoms with Crippen LogP contribution in [0.2, 0.25) is 0 Å². The van der Waals surface area contributed by atoms with Crippen molar-refractivity contribution < 1.29 is 55.8 Å². The number of alkyl carbamates (subject to hydrolysis) is 1. The van der Waals surface area contributed by atoms with E-state index in [4.69, 9.17) is 18.4 Å². The molecule has 2 rings (SSSR count). The van der Waals surface area contributed by atoms with E-state index >= 15 is 0 Å². The zero-order valence-electron chi connectivity index (χ0n) is 20.4. The number of cyclic esters (lactones) is 1. The van der Waals surface area contributed by atoms with Crippen molar-refractivity contribution in [2.24, 2.45) is 0 Å². The smallest absolute Gasteiger partial charge is 0.411 e. The molecule has 0 spiro atoms. The second kappa shape index (κ2) is 10.5. The van der Waals surface area contributed by atoms with Crippen LogP contribution in [0.1, 0.15) is 40.0 Å². The van der Waals surface area contributed by atoms with Crippen molar-refractivity contribution in [2.45, 2.75) is 75.5 Å². The lowest BCUT2D eigenvalue weighted by molar-refractivity contribution is -0.155. The number of carbonyl (C=O) groups excluding carboxylic acids is 4. The molecule has 0 saturated carbocycles. The van der Waals surface area contributed by atoms with Gasteiger partial charge in [0.2, 0.25) is 0 Å². The van der Waals surface area contributed by atoms with E-state index in [9.17, 15) is 32.7 Å². The minimum absolute atomic E-state index is 0.0278. The number of fused-ring (bicyclic) bond motifs is 1. The summed E-state index contributed by atoms with van der Waals surface area (Å²) in [6.07, 6.45) is -4.32. The van der Waals surface area contributed by atoms with Crippen LogP contribution >= 0.6 is 0 Å². The minimum Gasteiger partial charge on any atom is -0.467 e. The summed E-state index contributed by atoms with van der Waals surface area (Å²) >= 11 is 0. The molecule has 14 nitrogen and oxygen atoms in total. The van der Waals surface area contributed by atoms with Gasteiger partial charge >= 0.3 is 24.1 Å². The molecule has 0 radical (unpaired) electrons. The summed E-state index contributed by atoms with van der Waals surface area (Å²) in [5.41, 5.74) is -2.63. The molecule has 200 valence electrons. The van der Waals surface area contributed by atoms with E-state index in [0.717, 1.165) is 25.4 Å². The normalized spacial score (nSPS) is 25.8. The highest BCUT2D eigenvalue weighted by atomic mass is 32.2. The van der Waals surface area contributed by atoms with Crippen molar-refractivity contribution >= 4 is 34.2 Å². The summed E-state index contributed by atoms with van der Waals surface area (Å²) in [5.74, 6) is -1.87. The summed E-state index contributed by atoms with van der Waals surface area (Å²) in [7, 11) is -1.93. The number of amides is 2. The summed E-state index contributed by atoms with van der Waals surface area (Å²) in [6.45, 7) is 4.18. The van der Waals surface area contributed by atoms with Crippen LogP contribution in [0.5, 0.6) is 0 Å². The lowest BCUT2D eigenvalue weighted by Crippen LogP contribution is -2.62. The van der Waals surface area contributed by atoms with E-state index in [1.807, 2.05) is 0 Å². The van der Waals surface area contributed by atoms with Crippen LogP contribution in [0, 0.1) is 0 Å². The molecule has 2 N–H and O–H groups in total. The van der Waals surface area contributed by atoms with E-state index in [2.05, 4.69) is 10.1 Å². The molecule has 2 heterocycles. The van der Waals surface area contributed by atoms with Gasteiger partial charge in [-0.05, 0) is 33.6 Å². The van der Waals surface area contributed by atoms with E-state index in [1.165, 1.54) is 0 Å². The van der Waals surface area contributed by atoms with Gasteiger partial charge in [0.1, 0.15) is 5.60 Å².